The van der Waals surface area contributed by atoms with E-state index in [1.165, 1.54) is 13.0 Å². The summed E-state index contributed by atoms with van der Waals surface area (Å²) >= 11 is 0. The lowest BCUT2D eigenvalue weighted by Crippen LogP contribution is -2.20. The summed E-state index contributed by atoms with van der Waals surface area (Å²) in [7, 11) is 0. The highest BCUT2D eigenvalue weighted by molar-refractivity contribution is 6.09. The molecule has 0 spiro atoms. The van der Waals surface area contributed by atoms with Gasteiger partial charge in [0.1, 0.15) is 5.69 Å². The second kappa shape index (κ2) is 7.35. The Bertz CT molecular complexity index is 873. The molecule has 3 rings (SSSR count). The number of amides is 1. The lowest BCUT2D eigenvalue weighted by molar-refractivity contribution is -0.384. The molecule has 1 saturated heterocycles. The van der Waals surface area contributed by atoms with E-state index in [9.17, 15) is 19.7 Å². The zero-order valence-electron chi connectivity index (χ0n) is 14.4. The number of anilines is 2. The number of carbonyl (C=O) groups excluding carboxylic acids is 2. The number of nitro groups is 1. The van der Waals surface area contributed by atoms with Gasteiger partial charge in [-0.3, -0.25) is 19.7 Å². The highest BCUT2D eigenvalue weighted by Crippen LogP contribution is 2.32. The predicted octanol–water partition coefficient (Wildman–Crippen LogP) is 3.65. The number of hydrogen-bond acceptors (Lipinski definition) is 5. The maximum atomic E-state index is 12.5. The van der Waals surface area contributed by atoms with Crippen LogP contribution in [0.1, 0.15) is 40.5 Å². The molecule has 1 fully saturated rings. The summed E-state index contributed by atoms with van der Waals surface area (Å²) in [6.07, 6.45) is 2.00. The van der Waals surface area contributed by atoms with E-state index in [1.54, 1.807) is 36.4 Å². The first-order valence-electron chi connectivity index (χ1n) is 8.42. The van der Waals surface area contributed by atoms with Crippen molar-refractivity contribution >= 4 is 28.8 Å². The molecule has 2 aromatic carbocycles. The van der Waals surface area contributed by atoms with E-state index >= 15 is 0 Å². The van der Waals surface area contributed by atoms with Crippen molar-refractivity contribution < 1.29 is 14.5 Å². The fourth-order valence-electron chi connectivity index (χ4n) is 3.13. The van der Waals surface area contributed by atoms with Crippen molar-refractivity contribution in [3.63, 3.8) is 0 Å². The van der Waals surface area contributed by atoms with Gasteiger partial charge in [-0.25, -0.2) is 0 Å². The SMILES string of the molecule is CC(=O)c1ccccc1NC(=O)c1ccc(N2CCCC2)c([N+](=O)[O-])c1. The minimum absolute atomic E-state index is 0.0839. The molecule has 0 unspecified atom stereocenters. The number of rotatable bonds is 5. The second-order valence-corrected chi connectivity index (χ2v) is 6.21. The van der Waals surface area contributed by atoms with Gasteiger partial charge in [0, 0.05) is 30.3 Å². The lowest BCUT2D eigenvalue weighted by atomic mass is 10.1. The molecule has 2 aromatic rings. The highest BCUT2D eigenvalue weighted by atomic mass is 16.6. The lowest BCUT2D eigenvalue weighted by Gasteiger charge is -2.18. The van der Waals surface area contributed by atoms with E-state index in [0.29, 0.717) is 16.9 Å². The van der Waals surface area contributed by atoms with Crippen molar-refractivity contribution in [1.82, 2.24) is 0 Å². The van der Waals surface area contributed by atoms with Crippen LogP contribution >= 0.6 is 0 Å². The first-order valence-corrected chi connectivity index (χ1v) is 8.42. The molecule has 26 heavy (non-hydrogen) atoms. The monoisotopic (exact) mass is 353 g/mol. The molecule has 134 valence electrons. The number of para-hydroxylation sites is 1. The zero-order chi connectivity index (χ0) is 18.7. The minimum Gasteiger partial charge on any atom is -0.366 e. The summed E-state index contributed by atoms with van der Waals surface area (Å²) < 4.78 is 0. The second-order valence-electron chi connectivity index (χ2n) is 6.21. The molecule has 0 atom stereocenters. The largest absolute Gasteiger partial charge is 0.366 e. The Morgan fingerprint density at radius 3 is 2.46 bits per heavy atom. The average Bonchev–Trinajstić information content (AvgIpc) is 3.16. The molecule has 0 aromatic heterocycles. The molecule has 7 nitrogen and oxygen atoms in total. The number of Topliss-reactive ketones (excluding diaryl/α,β-unsaturated/α-hetero) is 1. The molecule has 1 heterocycles. The van der Waals surface area contributed by atoms with Crippen LogP contribution < -0.4 is 10.2 Å². The van der Waals surface area contributed by atoms with E-state index in [-0.39, 0.29) is 17.0 Å². The molecule has 0 aliphatic carbocycles. The minimum atomic E-state index is -0.491. The van der Waals surface area contributed by atoms with Crippen LogP contribution in [0.3, 0.4) is 0 Å². The van der Waals surface area contributed by atoms with E-state index in [2.05, 4.69) is 5.32 Å². The van der Waals surface area contributed by atoms with E-state index in [4.69, 9.17) is 0 Å². The molecule has 1 N–H and O–H groups in total. The third-order valence-corrected chi connectivity index (χ3v) is 4.44. The van der Waals surface area contributed by atoms with E-state index in [0.717, 1.165) is 25.9 Å². The van der Waals surface area contributed by atoms with Gasteiger partial charge >= 0.3 is 0 Å². The summed E-state index contributed by atoms with van der Waals surface area (Å²) in [6.45, 7) is 2.97. The molecule has 0 radical (unpaired) electrons. The van der Waals surface area contributed by atoms with Crippen molar-refractivity contribution in [2.45, 2.75) is 19.8 Å². The summed E-state index contributed by atoms with van der Waals surface area (Å²) in [6, 6.07) is 11.2. The molecular formula is C19H19N3O4. The maximum absolute atomic E-state index is 12.5. The van der Waals surface area contributed by atoms with Gasteiger partial charge in [0.2, 0.25) is 0 Å². The number of nitro benzene ring substituents is 1. The summed E-state index contributed by atoms with van der Waals surface area (Å²) in [5.41, 5.74) is 1.41. The number of ketones is 1. The van der Waals surface area contributed by atoms with Crippen molar-refractivity contribution in [1.29, 1.82) is 0 Å². The number of hydrogen-bond donors (Lipinski definition) is 1. The van der Waals surface area contributed by atoms with Gasteiger partial charge < -0.3 is 10.2 Å². The predicted molar refractivity (Wildman–Crippen MR) is 98.9 cm³/mol. The Balaban J connectivity index is 1.89. The molecular weight excluding hydrogens is 334 g/mol. The first kappa shape index (κ1) is 17.6. The van der Waals surface area contributed by atoms with Gasteiger partial charge in [-0.2, -0.15) is 0 Å². The van der Waals surface area contributed by atoms with Crippen LogP contribution in [0.2, 0.25) is 0 Å². The Hall–Kier alpha value is -3.22. The van der Waals surface area contributed by atoms with Crippen molar-refractivity contribution in [2.24, 2.45) is 0 Å². The van der Waals surface area contributed by atoms with Gasteiger partial charge in [0.25, 0.3) is 11.6 Å². The quantitative estimate of drug-likeness (QED) is 0.503. The van der Waals surface area contributed by atoms with Gasteiger partial charge in [-0.05, 0) is 44.0 Å². The molecule has 7 heteroatoms. The van der Waals surface area contributed by atoms with Gasteiger partial charge in [0.05, 0.1) is 10.6 Å². The highest BCUT2D eigenvalue weighted by Gasteiger charge is 2.24. The molecule has 1 amide bonds. The van der Waals surface area contributed by atoms with Crippen LogP contribution in [0.5, 0.6) is 0 Å². The third kappa shape index (κ3) is 3.56. The smallest absolute Gasteiger partial charge is 0.293 e. The van der Waals surface area contributed by atoms with Gasteiger partial charge in [-0.1, -0.05) is 12.1 Å². The Labute approximate surface area is 150 Å². The Kier molecular flexibility index (Phi) is 4.97. The van der Waals surface area contributed by atoms with Crippen molar-refractivity contribution in [3.8, 4) is 0 Å². The van der Waals surface area contributed by atoms with Crippen molar-refractivity contribution in [2.75, 3.05) is 23.3 Å². The van der Waals surface area contributed by atoms with E-state index in [1.807, 2.05) is 4.90 Å². The standard InChI is InChI=1S/C19H19N3O4/c1-13(23)15-6-2-3-7-16(15)20-19(24)14-8-9-17(18(12-14)22(25)26)21-10-4-5-11-21/h2-3,6-9,12H,4-5,10-11H2,1H3,(H,20,24). The number of carbonyl (C=O) groups is 2. The van der Waals surface area contributed by atoms with Crippen LogP contribution in [0.15, 0.2) is 42.5 Å². The number of nitrogens with zero attached hydrogens (tertiary/aromatic N) is 2. The Morgan fingerprint density at radius 1 is 1.12 bits per heavy atom. The first-order chi connectivity index (χ1) is 12.5. The molecule has 0 saturated carbocycles. The topological polar surface area (TPSA) is 92.6 Å². The summed E-state index contributed by atoms with van der Waals surface area (Å²) in [5, 5.41) is 14.1. The van der Waals surface area contributed by atoms with Gasteiger partial charge in [-0.15, -0.1) is 0 Å². The van der Waals surface area contributed by atoms with Gasteiger partial charge in [0.15, 0.2) is 5.78 Å². The summed E-state index contributed by atoms with van der Waals surface area (Å²) in [5.74, 6) is -0.661. The van der Waals surface area contributed by atoms with E-state index < -0.39 is 10.8 Å². The zero-order valence-corrected chi connectivity index (χ0v) is 14.4. The normalized spacial score (nSPS) is 13.5. The third-order valence-electron chi connectivity index (χ3n) is 4.44. The van der Waals surface area contributed by atoms with Crippen LogP contribution in [-0.4, -0.2) is 29.7 Å². The number of benzene rings is 2. The molecule has 1 aliphatic rings. The van der Waals surface area contributed by atoms with Crippen LogP contribution in [0.25, 0.3) is 0 Å². The van der Waals surface area contributed by atoms with Crippen LogP contribution in [0.4, 0.5) is 17.1 Å². The maximum Gasteiger partial charge on any atom is 0.293 e. The number of nitrogens with one attached hydrogen (secondary N) is 1. The fraction of sp³-hybridized carbons (Fsp3) is 0.263. The summed E-state index contributed by atoms with van der Waals surface area (Å²) in [4.78, 5) is 37.2. The van der Waals surface area contributed by atoms with Crippen LogP contribution in [-0.2, 0) is 0 Å². The average molecular weight is 353 g/mol. The molecule has 1 aliphatic heterocycles. The molecule has 0 bridgehead atoms. The van der Waals surface area contributed by atoms with Crippen LogP contribution in [0, 0.1) is 10.1 Å². The Morgan fingerprint density at radius 2 is 1.81 bits per heavy atom. The van der Waals surface area contributed by atoms with Crippen molar-refractivity contribution in [3.05, 3.63) is 63.7 Å². The fourth-order valence-corrected chi connectivity index (χ4v) is 3.13.